The van der Waals surface area contributed by atoms with Gasteiger partial charge in [0.15, 0.2) is 18.2 Å². The molecule has 0 fully saturated rings. The topological polar surface area (TPSA) is 48.2 Å². The molecule has 0 amide bonds. The van der Waals surface area contributed by atoms with Crippen molar-refractivity contribution in [3.05, 3.63) is 65.0 Å². The lowest BCUT2D eigenvalue weighted by Crippen LogP contribution is -1.97. The third-order valence-electron chi connectivity index (χ3n) is 2.80. The molecule has 4 nitrogen and oxygen atoms in total. The number of ether oxygens (including phenoxy) is 1. The maximum Gasteiger partial charge on any atom is 0.264 e. The van der Waals surface area contributed by atoms with Gasteiger partial charge in [0.05, 0.1) is 0 Å². The van der Waals surface area contributed by atoms with Crippen molar-refractivity contribution >= 4 is 11.6 Å². The highest BCUT2D eigenvalue weighted by molar-refractivity contribution is 6.30. The van der Waals surface area contributed by atoms with Crippen LogP contribution in [0.25, 0.3) is 11.4 Å². The Morgan fingerprint density at radius 3 is 2.73 bits per heavy atom. The predicted molar refractivity (Wildman–Crippen MR) is 75.4 cm³/mol. The highest BCUT2D eigenvalue weighted by atomic mass is 35.5. The molecule has 0 atom stereocenters. The fourth-order valence-electron chi connectivity index (χ4n) is 1.77. The number of rotatable bonds is 4. The van der Waals surface area contributed by atoms with Gasteiger partial charge in [-0.2, -0.15) is 4.98 Å². The third-order valence-corrected chi connectivity index (χ3v) is 3.04. The summed E-state index contributed by atoms with van der Waals surface area (Å²) >= 11 is 5.89. The van der Waals surface area contributed by atoms with E-state index in [1.54, 1.807) is 24.3 Å². The van der Waals surface area contributed by atoms with Gasteiger partial charge in [-0.1, -0.05) is 28.9 Å². The molecule has 0 aliphatic heterocycles. The van der Waals surface area contributed by atoms with Crippen LogP contribution in [-0.4, -0.2) is 10.1 Å². The molecular weight excluding hydrogens is 314 g/mol. The summed E-state index contributed by atoms with van der Waals surface area (Å²) in [5.41, 5.74) is 0.704. The van der Waals surface area contributed by atoms with E-state index in [-0.39, 0.29) is 18.2 Å². The predicted octanol–water partition coefficient (Wildman–Crippen LogP) is 4.25. The standard InChI is InChI=1S/C15H9ClF2N2O2/c16-10-3-1-2-9(6-10)15-19-14(22-20-15)8-21-11-4-5-12(17)13(18)7-11/h1-7H,8H2. The van der Waals surface area contributed by atoms with Crippen LogP contribution in [0.4, 0.5) is 8.78 Å². The van der Waals surface area contributed by atoms with E-state index in [9.17, 15) is 8.78 Å². The zero-order valence-electron chi connectivity index (χ0n) is 11.1. The van der Waals surface area contributed by atoms with Crippen LogP contribution >= 0.6 is 11.6 Å². The second-order valence-electron chi connectivity index (χ2n) is 4.39. The monoisotopic (exact) mass is 322 g/mol. The average molecular weight is 323 g/mol. The zero-order chi connectivity index (χ0) is 15.5. The summed E-state index contributed by atoms with van der Waals surface area (Å²) in [6.45, 7) is -0.0569. The first kappa shape index (κ1) is 14.5. The average Bonchev–Trinajstić information content (AvgIpc) is 2.97. The molecule has 0 aliphatic rings. The Balaban J connectivity index is 1.70. The van der Waals surface area contributed by atoms with E-state index in [0.29, 0.717) is 16.4 Å². The second-order valence-corrected chi connectivity index (χ2v) is 4.82. The van der Waals surface area contributed by atoms with Gasteiger partial charge >= 0.3 is 0 Å². The van der Waals surface area contributed by atoms with Crippen molar-refractivity contribution in [3.63, 3.8) is 0 Å². The summed E-state index contributed by atoms with van der Waals surface area (Å²) in [6, 6.07) is 10.2. The third kappa shape index (κ3) is 3.23. The molecule has 0 unspecified atom stereocenters. The van der Waals surface area contributed by atoms with E-state index < -0.39 is 11.6 Å². The lowest BCUT2D eigenvalue weighted by Gasteiger charge is -2.02. The molecule has 112 valence electrons. The molecule has 0 N–H and O–H groups in total. The van der Waals surface area contributed by atoms with E-state index in [2.05, 4.69) is 10.1 Å². The molecule has 22 heavy (non-hydrogen) atoms. The van der Waals surface area contributed by atoms with Crippen LogP contribution < -0.4 is 4.74 Å². The van der Waals surface area contributed by atoms with Crippen molar-refractivity contribution in [3.8, 4) is 17.1 Å². The number of halogens is 3. The minimum Gasteiger partial charge on any atom is -0.484 e. The Morgan fingerprint density at radius 2 is 1.95 bits per heavy atom. The maximum atomic E-state index is 13.0. The van der Waals surface area contributed by atoms with Crippen LogP contribution in [0.15, 0.2) is 47.0 Å². The van der Waals surface area contributed by atoms with Gasteiger partial charge in [-0.15, -0.1) is 0 Å². The number of nitrogens with zero attached hydrogens (tertiary/aromatic N) is 2. The Hall–Kier alpha value is -2.47. The first-order valence-corrected chi connectivity index (χ1v) is 6.66. The quantitative estimate of drug-likeness (QED) is 0.720. The number of hydrogen-bond acceptors (Lipinski definition) is 4. The van der Waals surface area contributed by atoms with Crippen LogP contribution in [0.3, 0.4) is 0 Å². The molecule has 0 spiro atoms. The fourth-order valence-corrected chi connectivity index (χ4v) is 1.96. The van der Waals surface area contributed by atoms with Gasteiger partial charge in [0, 0.05) is 16.7 Å². The van der Waals surface area contributed by atoms with E-state index in [1.165, 1.54) is 6.07 Å². The highest BCUT2D eigenvalue weighted by Gasteiger charge is 2.10. The zero-order valence-corrected chi connectivity index (χ0v) is 11.8. The number of aromatic nitrogens is 2. The largest absolute Gasteiger partial charge is 0.484 e. The van der Waals surface area contributed by atoms with Crippen molar-refractivity contribution in [1.29, 1.82) is 0 Å². The van der Waals surface area contributed by atoms with Crippen molar-refractivity contribution in [2.45, 2.75) is 6.61 Å². The van der Waals surface area contributed by atoms with Gasteiger partial charge < -0.3 is 9.26 Å². The van der Waals surface area contributed by atoms with Crippen LogP contribution in [0.1, 0.15) is 5.89 Å². The Kier molecular flexibility index (Phi) is 4.02. The Labute approximate surface area is 129 Å². The molecule has 0 radical (unpaired) electrons. The van der Waals surface area contributed by atoms with Crippen molar-refractivity contribution in [1.82, 2.24) is 10.1 Å². The maximum absolute atomic E-state index is 13.0. The summed E-state index contributed by atoms with van der Waals surface area (Å²) in [5, 5.41) is 4.37. The Morgan fingerprint density at radius 1 is 1.09 bits per heavy atom. The van der Waals surface area contributed by atoms with Gasteiger partial charge in [0.2, 0.25) is 5.82 Å². The molecule has 2 aromatic carbocycles. The molecule has 3 rings (SSSR count). The van der Waals surface area contributed by atoms with Crippen molar-refractivity contribution < 1.29 is 18.0 Å². The van der Waals surface area contributed by atoms with Crippen LogP contribution in [0.2, 0.25) is 5.02 Å². The highest BCUT2D eigenvalue weighted by Crippen LogP contribution is 2.21. The fraction of sp³-hybridized carbons (Fsp3) is 0.0667. The first-order valence-electron chi connectivity index (χ1n) is 6.28. The summed E-state index contributed by atoms with van der Waals surface area (Å²) in [5.74, 6) is -1.18. The Bertz CT molecular complexity index is 808. The lowest BCUT2D eigenvalue weighted by atomic mass is 10.2. The molecule has 0 aliphatic carbocycles. The molecule has 7 heteroatoms. The minimum absolute atomic E-state index is 0.0569. The molecule has 0 saturated carbocycles. The summed E-state index contributed by atoms with van der Waals surface area (Å²) in [6.07, 6.45) is 0. The van der Waals surface area contributed by atoms with Crippen LogP contribution in [0.5, 0.6) is 5.75 Å². The molecule has 0 saturated heterocycles. The van der Waals surface area contributed by atoms with Crippen LogP contribution in [-0.2, 0) is 6.61 Å². The van der Waals surface area contributed by atoms with Gasteiger partial charge in [-0.05, 0) is 24.3 Å². The summed E-state index contributed by atoms with van der Waals surface area (Å²) in [7, 11) is 0. The molecular formula is C15H9ClF2N2O2. The smallest absolute Gasteiger partial charge is 0.264 e. The first-order chi connectivity index (χ1) is 10.6. The number of hydrogen-bond donors (Lipinski definition) is 0. The SMILES string of the molecule is Fc1ccc(OCc2nc(-c3cccc(Cl)c3)no2)cc1F. The van der Waals surface area contributed by atoms with Crippen LogP contribution in [0, 0.1) is 11.6 Å². The van der Waals surface area contributed by atoms with E-state index >= 15 is 0 Å². The van der Waals surface area contributed by atoms with Crippen molar-refractivity contribution in [2.75, 3.05) is 0 Å². The lowest BCUT2D eigenvalue weighted by molar-refractivity contribution is 0.241. The van der Waals surface area contributed by atoms with Crippen molar-refractivity contribution in [2.24, 2.45) is 0 Å². The minimum atomic E-state index is -0.984. The number of benzene rings is 2. The molecule has 1 heterocycles. The normalized spacial score (nSPS) is 10.7. The summed E-state index contributed by atoms with van der Waals surface area (Å²) < 4.78 is 36.2. The molecule has 3 aromatic rings. The second kappa shape index (κ2) is 6.11. The summed E-state index contributed by atoms with van der Waals surface area (Å²) in [4.78, 5) is 4.15. The van der Waals surface area contributed by atoms with E-state index in [4.69, 9.17) is 20.9 Å². The van der Waals surface area contributed by atoms with Gasteiger partial charge in [-0.3, -0.25) is 0 Å². The van der Waals surface area contributed by atoms with E-state index in [0.717, 1.165) is 12.1 Å². The van der Waals surface area contributed by atoms with Gasteiger partial charge in [0.25, 0.3) is 5.89 Å². The van der Waals surface area contributed by atoms with Gasteiger partial charge in [0.1, 0.15) is 5.75 Å². The molecule has 1 aromatic heterocycles. The van der Waals surface area contributed by atoms with E-state index in [1.807, 2.05) is 0 Å². The van der Waals surface area contributed by atoms with Gasteiger partial charge in [-0.25, -0.2) is 8.78 Å². The molecule has 0 bridgehead atoms.